The molecule has 0 spiro atoms. The maximum atomic E-state index is 12.9. The van der Waals surface area contributed by atoms with Crippen molar-refractivity contribution >= 4 is 17.3 Å². The molecule has 14 heavy (non-hydrogen) atoms. The van der Waals surface area contributed by atoms with Crippen LogP contribution in [0.1, 0.15) is 10.4 Å². The van der Waals surface area contributed by atoms with Crippen LogP contribution in [0.25, 0.3) is 0 Å². The molecule has 0 fully saturated rings. The van der Waals surface area contributed by atoms with Crippen molar-refractivity contribution in [2.75, 3.05) is 5.73 Å². The number of halogens is 1. The number of carboxylic acids is 1. The zero-order valence-electron chi connectivity index (χ0n) is 6.73. The van der Waals surface area contributed by atoms with E-state index in [0.717, 1.165) is 6.07 Å². The fraction of sp³-hybridized carbons (Fsp3) is 0. The molecule has 7 heteroatoms. The highest BCUT2D eigenvalue weighted by Crippen LogP contribution is 2.24. The van der Waals surface area contributed by atoms with Crippen LogP contribution in [0.5, 0.6) is 0 Å². The lowest BCUT2D eigenvalue weighted by molar-refractivity contribution is -0.387. The predicted octanol–water partition coefficient (Wildman–Crippen LogP) is 1.01. The molecule has 0 unspecified atom stereocenters. The maximum absolute atomic E-state index is 12.9. The van der Waals surface area contributed by atoms with E-state index < -0.39 is 33.6 Å². The normalized spacial score (nSPS) is 9.79. The monoisotopic (exact) mass is 200 g/mol. The number of rotatable bonds is 2. The summed E-state index contributed by atoms with van der Waals surface area (Å²) in [6, 6.07) is 1.44. The van der Waals surface area contributed by atoms with Crippen molar-refractivity contribution in [3.05, 3.63) is 33.6 Å². The fourth-order valence-electron chi connectivity index (χ4n) is 0.887. The minimum atomic E-state index is -1.40. The summed E-state index contributed by atoms with van der Waals surface area (Å²) in [4.78, 5) is 19.7. The van der Waals surface area contributed by atoms with Crippen LogP contribution in [0.15, 0.2) is 12.1 Å². The van der Waals surface area contributed by atoms with Gasteiger partial charge in [0.05, 0.1) is 16.2 Å². The van der Waals surface area contributed by atoms with Gasteiger partial charge in [-0.3, -0.25) is 10.1 Å². The van der Waals surface area contributed by atoms with E-state index in [9.17, 15) is 19.3 Å². The maximum Gasteiger partial charge on any atom is 0.336 e. The van der Waals surface area contributed by atoms with Gasteiger partial charge in [-0.15, -0.1) is 0 Å². The van der Waals surface area contributed by atoms with Gasteiger partial charge in [-0.05, 0) is 6.07 Å². The summed E-state index contributed by atoms with van der Waals surface area (Å²) >= 11 is 0. The lowest BCUT2D eigenvalue weighted by atomic mass is 10.1. The van der Waals surface area contributed by atoms with Gasteiger partial charge >= 0.3 is 11.7 Å². The van der Waals surface area contributed by atoms with E-state index in [-0.39, 0.29) is 0 Å². The van der Waals surface area contributed by atoms with Gasteiger partial charge in [-0.25, -0.2) is 4.79 Å². The molecule has 1 aromatic rings. The number of benzene rings is 1. The summed E-state index contributed by atoms with van der Waals surface area (Å²) in [6.07, 6.45) is 0. The second kappa shape index (κ2) is 3.29. The zero-order valence-corrected chi connectivity index (χ0v) is 6.73. The van der Waals surface area contributed by atoms with Gasteiger partial charge < -0.3 is 10.8 Å². The molecule has 0 heterocycles. The number of aromatic carboxylic acids is 1. The van der Waals surface area contributed by atoms with Crippen molar-refractivity contribution in [1.82, 2.24) is 0 Å². The van der Waals surface area contributed by atoms with Gasteiger partial charge in [0.2, 0.25) is 5.82 Å². The Morgan fingerprint density at radius 1 is 1.57 bits per heavy atom. The molecule has 0 saturated carbocycles. The molecule has 0 aliphatic carbocycles. The summed E-state index contributed by atoms with van der Waals surface area (Å²) in [5, 5.41) is 18.8. The second-order valence-electron chi connectivity index (χ2n) is 2.46. The summed E-state index contributed by atoms with van der Waals surface area (Å²) in [7, 11) is 0. The standard InChI is InChI=1S/C7H5FN2O4/c8-6-4(9)1-3(7(11)12)2-5(6)10(13)14/h1-2H,9H2,(H,11,12). The molecule has 0 bridgehead atoms. The van der Waals surface area contributed by atoms with Crippen LogP contribution >= 0.6 is 0 Å². The predicted molar refractivity (Wildman–Crippen MR) is 44.4 cm³/mol. The lowest BCUT2D eigenvalue weighted by Crippen LogP contribution is -2.03. The molecular weight excluding hydrogens is 195 g/mol. The first-order valence-corrected chi connectivity index (χ1v) is 3.40. The van der Waals surface area contributed by atoms with Crippen LogP contribution in [0.3, 0.4) is 0 Å². The van der Waals surface area contributed by atoms with Crippen LogP contribution < -0.4 is 5.73 Å². The van der Waals surface area contributed by atoms with Crippen molar-refractivity contribution in [1.29, 1.82) is 0 Å². The Labute approximate surface area is 76.9 Å². The number of nitro benzene ring substituents is 1. The van der Waals surface area contributed by atoms with Crippen LogP contribution in [0.4, 0.5) is 15.8 Å². The Bertz CT molecular complexity index is 418. The Morgan fingerprint density at radius 3 is 2.57 bits per heavy atom. The van der Waals surface area contributed by atoms with Crippen LogP contribution in [0, 0.1) is 15.9 Å². The van der Waals surface area contributed by atoms with E-state index in [1.807, 2.05) is 0 Å². The first-order chi connectivity index (χ1) is 6.43. The van der Waals surface area contributed by atoms with Gasteiger partial charge in [0.25, 0.3) is 0 Å². The number of hydrogen-bond acceptors (Lipinski definition) is 4. The molecule has 0 atom stereocenters. The molecule has 1 rings (SSSR count). The minimum absolute atomic E-state index is 0.421. The van der Waals surface area contributed by atoms with Gasteiger partial charge in [0, 0.05) is 6.07 Å². The Balaban J connectivity index is 3.43. The average molecular weight is 200 g/mol. The van der Waals surface area contributed by atoms with E-state index in [1.165, 1.54) is 0 Å². The third-order valence-electron chi connectivity index (χ3n) is 1.53. The molecule has 74 valence electrons. The highest BCUT2D eigenvalue weighted by molar-refractivity contribution is 5.89. The Hall–Kier alpha value is -2.18. The van der Waals surface area contributed by atoms with E-state index in [1.54, 1.807) is 0 Å². The quantitative estimate of drug-likeness (QED) is 0.421. The van der Waals surface area contributed by atoms with E-state index in [4.69, 9.17) is 10.8 Å². The van der Waals surface area contributed by atoms with Crippen molar-refractivity contribution in [2.24, 2.45) is 0 Å². The third kappa shape index (κ3) is 1.60. The summed E-state index contributed by atoms with van der Waals surface area (Å²) in [6.45, 7) is 0. The van der Waals surface area contributed by atoms with E-state index in [0.29, 0.717) is 6.07 Å². The molecule has 0 radical (unpaired) electrons. The average Bonchev–Trinajstić information content (AvgIpc) is 2.08. The minimum Gasteiger partial charge on any atom is -0.478 e. The van der Waals surface area contributed by atoms with Crippen molar-refractivity contribution < 1.29 is 19.2 Å². The third-order valence-corrected chi connectivity index (χ3v) is 1.53. The molecule has 0 amide bonds. The van der Waals surface area contributed by atoms with Gasteiger partial charge in [0.1, 0.15) is 0 Å². The molecule has 0 aliphatic heterocycles. The number of hydrogen-bond donors (Lipinski definition) is 2. The summed E-state index contributed by atoms with van der Waals surface area (Å²) < 4.78 is 12.9. The number of nitro groups is 1. The summed E-state index contributed by atoms with van der Waals surface area (Å²) in [5.41, 5.74) is 3.13. The number of nitrogens with zero attached hydrogens (tertiary/aromatic N) is 1. The Kier molecular flexibility index (Phi) is 2.32. The molecule has 6 nitrogen and oxygen atoms in total. The molecule has 0 saturated heterocycles. The van der Waals surface area contributed by atoms with Crippen LogP contribution in [0.2, 0.25) is 0 Å². The highest BCUT2D eigenvalue weighted by Gasteiger charge is 2.20. The first kappa shape index (κ1) is 9.90. The molecule has 0 aromatic heterocycles. The van der Waals surface area contributed by atoms with E-state index in [2.05, 4.69) is 0 Å². The highest BCUT2D eigenvalue weighted by atomic mass is 19.1. The largest absolute Gasteiger partial charge is 0.478 e. The van der Waals surface area contributed by atoms with Crippen molar-refractivity contribution in [3.63, 3.8) is 0 Å². The lowest BCUT2D eigenvalue weighted by Gasteiger charge is -2.00. The van der Waals surface area contributed by atoms with Gasteiger partial charge in [-0.1, -0.05) is 0 Å². The number of carbonyl (C=O) groups is 1. The molecule has 3 N–H and O–H groups in total. The number of nitrogens with two attached hydrogens (primary N) is 1. The number of nitrogen functional groups attached to an aromatic ring is 1. The van der Waals surface area contributed by atoms with E-state index >= 15 is 0 Å². The van der Waals surface area contributed by atoms with Crippen molar-refractivity contribution in [3.8, 4) is 0 Å². The second-order valence-corrected chi connectivity index (χ2v) is 2.46. The fourth-order valence-corrected chi connectivity index (χ4v) is 0.887. The first-order valence-electron chi connectivity index (χ1n) is 3.40. The van der Waals surface area contributed by atoms with Crippen molar-refractivity contribution in [2.45, 2.75) is 0 Å². The van der Waals surface area contributed by atoms with Crippen LogP contribution in [-0.2, 0) is 0 Å². The number of anilines is 1. The smallest absolute Gasteiger partial charge is 0.336 e. The number of carboxylic acid groups (broad SMARTS) is 1. The SMILES string of the molecule is Nc1cc(C(=O)O)cc([N+](=O)[O-])c1F. The van der Waals surface area contributed by atoms with Gasteiger partial charge in [-0.2, -0.15) is 4.39 Å². The Morgan fingerprint density at radius 2 is 2.14 bits per heavy atom. The molecule has 0 aliphatic rings. The molecular formula is C7H5FN2O4. The molecule has 1 aromatic carbocycles. The zero-order chi connectivity index (χ0) is 10.9. The summed E-state index contributed by atoms with van der Waals surface area (Å²) in [5.74, 6) is -2.63. The topological polar surface area (TPSA) is 106 Å². The van der Waals surface area contributed by atoms with Crippen LogP contribution in [-0.4, -0.2) is 16.0 Å². The van der Waals surface area contributed by atoms with Gasteiger partial charge in [0.15, 0.2) is 0 Å².